The number of imidazole rings is 1. The number of hydrogen-bond acceptors (Lipinski definition) is 3. The van der Waals surface area contributed by atoms with Gasteiger partial charge in [-0.05, 0) is 24.4 Å². The van der Waals surface area contributed by atoms with E-state index in [0.717, 1.165) is 10.4 Å². The molecule has 0 saturated heterocycles. The molecule has 0 aliphatic carbocycles. The van der Waals surface area contributed by atoms with Crippen LogP contribution >= 0.6 is 23.6 Å². The molecule has 0 spiro atoms. The smallest absolute Gasteiger partial charge is 0.178 e. The molecule has 2 aromatic heterocycles. The summed E-state index contributed by atoms with van der Waals surface area (Å²) in [5, 5.41) is 0. The van der Waals surface area contributed by atoms with E-state index in [1.807, 2.05) is 6.07 Å². The van der Waals surface area contributed by atoms with Gasteiger partial charge in [-0.25, -0.2) is 4.39 Å². The van der Waals surface area contributed by atoms with E-state index in [4.69, 9.17) is 12.2 Å². The second kappa shape index (κ2) is 4.05. The van der Waals surface area contributed by atoms with Crippen LogP contribution in [0, 0.1) is 10.6 Å². The average Bonchev–Trinajstić information content (AvgIpc) is 2.89. The molecule has 0 unspecified atom stereocenters. The summed E-state index contributed by atoms with van der Waals surface area (Å²) in [5.74, 6) is -0.264. The van der Waals surface area contributed by atoms with E-state index in [1.54, 1.807) is 22.3 Å². The molecule has 3 rings (SSSR count). The number of H-pyrrole nitrogens is 1. The van der Waals surface area contributed by atoms with Gasteiger partial charge in [-0.3, -0.25) is 4.98 Å². The molecule has 0 atom stereocenters. The summed E-state index contributed by atoms with van der Waals surface area (Å²) in [6, 6.07) is 4.92. The fourth-order valence-corrected chi connectivity index (χ4v) is 2.65. The first-order valence-electron chi connectivity index (χ1n) is 5.00. The van der Waals surface area contributed by atoms with Crippen molar-refractivity contribution in [3.05, 3.63) is 45.4 Å². The topological polar surface area (TPSA) is 33.6 Å². The maximum absolute atomic E-state index is 13.8. The van der Waals surface area contributed by atoms with Gasteiger partial charge in [-0.2, -0.15) is 0 Å². The molecular formula is C11H8FN3S2. The van der Waals surface area contributed by atoms with Crippen molar-refractivity contribution in [1.82, 2.24) is 14.5 Å². The Kier molecular flexibility index (Phi) is 2.53. The van der Waals surface area contributed by atoms with Crippen molar-refractivity contribution >= 4 is 34.6 Å². The maximum Gasteiger partial charge on any atom is 0.178 e. The standard InChI is InChI=1S/C11H8FN3S2/c12-8-2-1-3-9-10(8)15(11(16)14-9)5-7-4-13-6-17-7/h1-4,6H,5H2,(H,14,16). The van der Waals surface area contributed by atoms with Crippen LogP contribution in [0.1, 0.15) is 4.88 Å². The lowest BCUT2D eigenvalue weighted by molar-refractivity contribution is 0.628. The van der Waals surface area contributed by atoms with Crippen LogP contribution in [0.4, 0.5) is 4.39 Å². The number of hydrogen-bond donors (Lipinski definition) is 1. The van der Waals surface area contributed by atoms with Crippen LogP contribution in [0.5, 0.6) is 0 Å². The first kappa shape index (κ1) is 10.6. The lowest BCUT2D eigenvalue weighted by atomic mass is 10.3. The highest BCUT2D eigenvalue weighted by Crippen LogP contribution is 2.20. The number of nitrogens with one attached hydrogen (secondary N) is 1. The first-order chi connectivity index (χ1) is 8.25. The van der Waals surface area contributed by atoms with Crippen molar-refractivity contribution in [2.24, 2.45) is 0 Å². The largest absolute Gasteiger partial charge is 0.330 e. The molecule has 0 radical (unpaired) electrons. The van der Waals surface area contributed by atoms with Crippen molar-refractivity contribution in [2.75, 3.05) is 0 Å². The molecule has 1 N–H and O–H groups in total. The van der Waals surface area contributed by atoms with E-state index in [2.05, 4.69) is 9.97 Å². The maximum atomic E-state index is 13.8. The number of nitrogens with zero attached hydrogens (tertiary/aromatic N) is 2. The predicted molar refractivity (Wildman–Crippen MR) is 68.3 cm³/mol. The molecule has 17 heavy (non-hydrogen) atoms. The highest BCUT2D eigenvalue weighted by molar-refractivity contribution is 7.71. The van der Waals surface area contributed by atoms with Crippen molar-refractivity contribution < 1.29 is 4.39 Å². The lowest BCUT2D eigenvalue weighted by Crippen LogP contribution is -1.99. The van der Waals surface area contributed by atoms with E-state index < -0.39 is 0 Å². The van der Waals surface area contributed by atoms with Gasteiger partial charge in [0.2, 0.25) is 0 Å². The van der Waals surface area contributed by atoms with Gasteiger partial charge in [0.15, 0.2) is 4.77 Å². The summed E-state index contributed by atoms with van der Waals surface area (Å²) in [5.41, 5.74) is 3.00. The summed E-state index contributed by atoms with van der Waals surface area (Å²) in [7, 11) is 0. The molecule has 0 fully saturated rings. The third-order valence-corrected chi connectivity index (χ3v) is 3.63. The minimum atomic E-state index is -0.264. The number of fused-ring (bicyclic) bond motifs is 1. The first-order valence-corrected chi connectivity index (χ1v) is 6.29. The van der Waals surface area contributed by atoms with Gasteiger partial charge in [0, 0.05) is 11.1 Å². The number of benzene rings is 1. The summed E-state index contributed by atoms with van der Waals surface area (Å²) in [6.45, 7) is 0.546. The van der Waals surface area contributed by atoms with Crippen LogP contribution in [-0.4, -0.2) is 14.5 Å². The molecule has 2 heterocycles. The summed E-state index contributed by atoms with van der Waals surface area (Å²) in [6.07, 6.45) is 1.77. The zero-order valence-electron chi connectivity index (χ0n) is 8.68. The number of rotatable bonds is 2. The van der Waals surface area contributed by atoms with E-state index in [1.165, 1.54) is 17.4 Å². The Morgan fingerprint density at radius 3 is 3.12 bits per heavy atom. The highest BCUT2D eigenvalue weighted by atomic mass is 32.1. The van der Waals surface area contributed by atoms with E-state index in [0.29, 0.717) is 16.8 Å². The third-order valence-electron chi connectivity index (χ3n) is 2.54. The zero-order chi connectivity index (χ0) is 11.8. The molecule has 6 heteroatoms. The van der Waals surface area contributed by atoms with Gasteiger partial charge in [0.05, 0.1) is 17.6 Å². The Hall–Kier alpha value is -1.53. The second-order valence-electron chi connectivity index (χ2n) is 3.62. The van der Waals surface area contributed by atoms with E-state index in [-0.39, 0.29) is 5.82 Å². The zero-order valence-corrected chi connectivity index (χ0v) is 10.3. The molecule has 0 bridgehead atoms. The normalized spacial score (nSPS) is 11.1. The van der Waals surface area contributed by atoms with Crippen LogP contribution in [0.2, 0.25) is 0 Å². The summed E-state index contributed by atoms with van der Waals surface area (Å²) in [4.78, 5) is 8.05. The van der Waals surface area contributed by atoms with Gasteiger partial charge in [0.25, 0.3) is 0 Å². The number of aromatic amines is 1. The van der Waals surface area contributed by atoms with Crippen LogP contribution in [-0.2, 0) is 6.54 Å². The fourth-order valence-electron chi connectivity index (χ4n) is 1.80. The molecule has 0 aliphatic rings. The van der Waals surface area contributed by atoms with Gasteiger partial charge < -0.3 is 9.55 Å². The fraction of sp³-hybridized carbons (Fsp3) is 0.0909. The molecule has 0 amide bonds. The number of aromatic nitrogens is 3. The molecular weight excluding hydrogens is 257 g/mol. The Morgan fingerprint density at radius 2 is 2.35 bits per heavy atom. The van der Waals surface area contributed by atoms with Gasteiger partial charge in [-0.15, -0.1) is 11.3 Å². The van der Waals surface area contributed by atoms with E-state index >= 15 is 0 Å². The second-order valence-corrected chi connectivity index (χ2v) is 4.98. The van der Waals surface area contributed by atoms with Crippen LogP contribution in [0.25, 0.3) is 11.0 Å². The number of thiazole rings is 1. The monoisotopic (exact) mass is 265 g/mol. The van der Waals surface area contributed by atoms with Gasteiger partial charge >= 0.3 is 0 Å². The minimum absolute atomic E-state index is 0.264. The Labute approximate surface area is 106 Å². The van der Waals surface area contributed by atoms with Crippen molar-refractivity contribution in [2.45, 2.75) is 6.54 Å². The van der Waals surface area contributed by atoms with Crippen LogP contribution < -0.4 is 0 Å². The van der Waals surface area contributed by atoms with Crippen LogP contribution in [0.3, 0.4) is 0 Å². The Balaban J connectivity index is 2.21. The highest BCUT2D eigenvalue weighted by Gasteiger charge is 2.09. The van der Waals surface area contributed by atoms with E-state index in [9.17, 15) is 4.39 Å². The Morgan fingerprint density at radius 1 is 1.47 bits per heavy atom. The molecule has 1 aromatic carbocycles. The van der Waals surface area contributed by atoms with Gasteiger partial charge in [0.1, 0.15) is 11.3 Å². The van der Waals surface area contributed by atoms with Crippen LogP contribution in [0.15, 0.2) is 29.9 Å². The molecule has 0 saturated carbocycles. The van der Waals surface area contributed by atoms with Crippen molar-refractivity contribution in [3.8, 4) is 0 Å². The number of halogens is 1. The molecule has 3 aromatic rings. The van der Waals surface area contributed by atoms with Crippen molar-refractivity contribution in [1.29, 1.82) is 0 Å². The molecule has 86 valence electrons. The predicted octanol–water partition coefficient (Wildman–Crippen LogP) is 3.34. The lowest BCUT2D eigenvalue weighted by Gasteiger charge is -2.02. The molecule has 0 aliphatic heterocycles. The summed E-state index contributed by atoms with van der Waals surface area (Å²) < 4.78 is 16.1. The minimum Gasteiger partial charge on any atom is -0.330 e. The Bertz CT molecular complexity index is 712. The number of para-hydroxylation sites is 1. The SMILES string of the molecule is Fc1cccc2[nH]c(=S)n(Cc3cncs3)c12. The summed E-state index contributed by atoms with van der Waals surface area (Å²) >= 11 is 6.74. The average molecular weight is 265 g/mol. The van der Waals surface area contributed by atoms with Gasteiger partial charge in [-0.1, -0.05) is 6.07 Å². The van der Waals surface area contributed by atoms with Crippen molar-refractivity contribution in [3.63, 3.8) is 0 Å². The molecule has 3 nitrogen and oxygen atoms in total. The third kappa shape index (κ3) is 1.79. The quantitative estimate of drug-likeness (QED) is 0.721.